The minimum absolute atomic E-state index is 0.152. The van der Waals surface area contributed by atoms with E-state index in [4.69, 9.17) is 9.47 Å². The van der Waals surface area contributed by atoms with Crippen LogP contribution < -0.4 is 5.32 Å². The Morgan fingerprint density at radius 1 is 1.03 bits per heavy atom. The Balaban J connectivity index is 1.80. The van der Waals surface area contributed by atoms with Gasteiger partial charge in [-0.3, -0.25) is 4.79 Å². The molecular weight excluding hydrogens is 378 g/mol. The lowest BCUT2D eigenvalue weighted by molar-refractivity contribution is -0.136. The molecule has 2 aromatic rings. The first-order valence-corrected chi connectivity index (χ1v) is 10.5. The van der Waals surface area contributed by atoms with Gasteiger partial charge in [0.1, 0.15) is 12.3 Å². The lowest BCUT2D eigenvalue weighted by Crippen LogP contribution is -2.54. The lowest BCUT2D eigenvalue weighted by Gasteiger charge is -2.46. The second-order valence-electron chi connectivity index (χ2n) is 8.89. The molecule has 0 aliphatic heterocycles. The molecule has 2 aromatic carbocycles. The monoisotopic (exact) mass is 409 g/mol. The van der Waals surface area contributed by atoms with Gasteiger partial charge in [-0.25, -0.2) is 4.79 Å². The summed E-state index contributed by atoms with van der Waals surface area (Å²) in [6, 6.07) is 19.2. The van der Waals surface area contributed by atoms with E-state index in [0.717, 1.165) is 18.4 Å². The molecule has 3 rings (SSSR count). The Bertz CT molecular complexity index is 821. The van der Waals surface area contributed by atoms with E-state index < -0.39 is 11.8 Å². The van der Waals surface area contributed by atoms with Gasteiger partial charge < -0.3 is 14.8 Å². The molecule has 1 aliphatic rings. The lowest BCUT2D eigenvalue weighted by atomic mass is 9.67. The maximum absolute atomic E-state index is 12.5. The SMILES string of the molecule is CC(C)(C)OC(NC=O)C1(c2ccccc2)CCC(OC(=O)c2ccccc2)CC1. The van der Waals surface area contributed by atoms with Crippen molar-refractivity contribution in [3.63, 3.8) is 0 Å². The van der Waals surface area contributed by atoms with E-state index in [1.54, 1.807) is 12.1 Å². The summed E-state index contributed by atoms with van der Waals surface area (Å²) in [4.78, 5) is 23.9. The molecule has 1 aliphatic carbocycles. The molecule has 1 fully saturated rings. The van der Waals surface area contributed by atoms with Crippen LogP contribution in [-0.4, -0.2) is 30.3 Å². The number of rotatable bonds is 7. The van der Waals surface area contributed by atoms with Crippen molar-refractivity contribution < 1.29 is 19.1 Å². The number of nitrogens with one attached hydrogen (secondary N) is 1. The third kappa shape index (κ3) is 5.28. The van der Waals surface area contributed by atoms with Crippen molar-refractivity contribution in [2.45, 2.75) is 69.8 Å². The van der Waals surface area contributed by atoms with Gasteiger partial charge in [0.05, 0.1) is 11.2 Å². The van der Waals surface area contributed by atoms with Gasteiger partial charge in [-0.1, -0.05) is 48.5 Å². The fraction of sp³-hybridized carbons (Fsp3) is 0.440. The number of carbonyl (C=O) groups excluding carboxylic acids is 2. The third-order valence-corrected chi connectivity index (χ3v) is 5.65. The fourth-order valence-corrected chi connectivity index (χ4v) is 4.21. The zero-order valence-electron chi connectivity index (χ0n) is 18.0. The number of hydrogen-bond acceptors (Lipinski definition) is 4. The first-order valence-electron chi connectivity index (χ1n) is 10.5. The largest absolute Gasteiger partial charge is 0.459 e. The van der Waals surface area contributed by atoms with E-state index in [1.807, 2.05) is 57.2 Å². The summed E-state index contributed by atoms with van der Waals surface area (Å²) >= 11 is 0. The zero-order valence-corrected chi connectivity index (χ0v) is 18.0. The van der Waals surface area contributed by atoms with Crippen LogP contribution in [0.3, 0.4) is 0 Å². The maximum Gasteiger partial charge on any atom is 0.338 e. The van der Waals surface area contributed by atoms with Crippen LogP contribution in [0, 0.1) is 0 Å². The molecule has 0 radical (unpaired) electrons. The molecule has 1 N–H and O–H groups in total. The molecule has 30 heavy (non-hydrogen) atoms. The second kappa shape index (κ2) is 9.43. The van der Waals surface area contributed by atoms with Crippen molar-refractivity contribution in [2.75, 3.05) is 0 Å². The molecular formula is C25H31NO4. The highest BCUT2D eigenvalue weighted by atomic mass is 16.5. The number of ether oxygens (including phenoxy) is 2. The van der Waals surface area contributed by atoms with Crippen molar-refractivity contribution in [2.24, 2.45) is 0 Å². The molecule has 1 unspecified atom stereocenters. The maximum atomic E-state index is 12.5. The van der Waals surface area contributed by atoms with Crippen LogP contribution in [0.15, 0.2) is 60.7 Å². The predicted molar refractivity (Wildman–Crippen MR) is 116 cm³/mol. The van der Waals surface area contributed by atoms with Gasteiger partial charge in [-0.15, -0.1) is 0 Å². The molecule has 0 spiro atoms. The van der Waals surface area contributed by atoms with E-state index in [-0.39, 0.29) is 17.5 Å². The normalized spacial score (nSPS) is 22.7. The topological polar surface area (TPSA) is 64.6 Å². The Hall–Kier alpha value is -2.66. The molecule has 0 heterocycles. The minimum atomic E-state index is -0.469. The van der Waals surface area contributed by atoms with Crippen molar-refractivity contribution in [3.8, 4) is 0 Å². The Labute approximate surface area is 178 Å². The summed E-state index contributed by atoms with van der Waals surface area (Å²) in [5.41, 5.74) is 0.889. The summed E-state index contributed by atoms with van der Waals surface area (Å²) in [5, 5.41) is 2.92. The Morgan fingerprint density at radius 2 is 1.60 bits per heavy atom. The highest BCUT2D eigenvalue weighted by molar-refractivity contribution is 5.89. The van der Waals surface area contributed by atoms with E-state index in [9.17, 15) is 9.59 Å². The fourth-order valence-electron chi connectivity index (χ4n) is 4.21. The van der Waals surface area contributed by atoms with E-state index in [1.165, 1.54) is 0 Å². The van der Waals surface area contributed by atoms with Crippen molar-refractivity contribution in [1.29, 1.82) is 0 Å². The first-order chi connectivity index (χ1) is 14.3. The Morgan fingerprint density at radius 3 is 2.13 bits per heavy atom. The molecule has 0 bridgehead atoms. The van der Waals surface area contributed by atoms with Crippen molar-refractivity contribution in [3.05, 3.63) is 71.8 Å². The van der Waals surface area contributed by atoms with Gasteiger partial charge >= 0.3 is 5.97 Å². The first kappa shape index (κ1) is 22.0. The van der Waals surface area contributed by atoms with Crippen LogP contribution in [0.4, 0.5) is 0 Å². The number of hydrogen-bond donors (Lipinski definition) is 1. The summed E-state index contributed by atoms with van der Waals surface area (Å²) in [7, 11) is 0. The zero-order chi connectivity index (χ0) is 21.6. The quantitative estimate of drug-likeness (QED) is 0.412. The van der Waals surface area contributed by atoms with Crippen LogP contribution >= 0.6 is 0 Å². The summed E-state index contributed by atoms with van der Waals surface area (Å²) < 4.78 is 12.1. The molecule has 5 nitrogen and oxygen atoms in total. The van der Waals surface area contributed by atoms with Crippen molar-refractivity contribution >= 4 is 12.4 Å². The second-order valence-corrected chi connectivity index (χ2v) is 8.89. The van der Waals surface area contributed by atoms with Crippen molar-refractivity contribution in [1.82, 2.24) is 5.32 Å². The standard InChI is InChI=1S/C25H31NO4/c1-24(2,3)30-23(26-18-27)25(20-12-8-5-9-13-20)16-14-21(15-17-25)29-22(28)19-10-6-4-7-11-19/h4-13,18,21,23H,14-17H2,1-3H3,(H,26,27). The summed E-state index contributed by atoms with van der Waals surface area (Å²) in [6.45, 7) is 5.95. The van der Waals surface area contributed by atoms with Gasteiger partial charge in [0.25, 0.3) is 0 Å². The van der Waals surface area contributed by atoms with Crippen LogP contribution in [0.5, 0.6) is 0 Å². The van der Waals surface area contributed by atoms with Crippen LogP contribution in [0.1, 0.15) is 62.4 Å². The third-order valence-electron chi connectivity index (χ3n) is 5.65. The number of amides is 1. The minimum Gasteiger partial charge on any atom is -0.459 e. The van der Waals surface area contributed by atoms with E-state index >= 15 is 0 Å². The highest BCUT2D eigenvalue weighted by Gasteiger charge is 2.46. The molecule has 1 amide bonds. The van der Waals surface area contributed by atoms with Gasteiger partial charge in [0.15, 0.2) is 0 Å². The van der Waals surface area contributed by atoms with E-state index in [2.05, 4.69) is 17.4 Å². The van der Waals surface area contributed by atoms with Crippen LogP contribution in [-0.2, 0) is 19.7 Å². The molecule has 1 atom stereocenters. The summed E-state index contributed by atoms with van der Waals surface area (Å²) in [6.07, 6.45) is 2.99. The predicted octanol–water partition coefficient (Wildman–Crippen LogP) is 4.61. The average molecular weight is 410 g/mol. The molecule has 1 saturated carbocycles. The van der Waals surface area contributed by atoms with Crippen LogP contribution in [0.2, 0.25) is 0 Å². The highest BCUT2D eigenvalue weighted by Crippen LogP contribution is 2.44. The molecule has 0 aromatic heterocycles. The van der Waals surface area contributed by atoms with E-state index in [0.29, 0.717) is 24.8 Å². The summed E-state index contributed by atoms with van der Waals surface area (Å²) in [5.74, 6) is -0.290. The smallest absolute Gasteiger partial charge is 0.338 e. The van der Waals surface area contributed by atoms with Gasteiger partial charge in [-0.05, 0) is 64.2 Å². The number of esters is 1. The number of carbonyl (C=O) groups is 2. The Kier molecular flexibility index (Phi) is 6.93. The van der Waals surface area contributed by atoms with Gasteiger partial charge in [0.2, 0.25) is 6.41 Å². The molecule has 160 valence electrons. The number of benzene rings is 2. The van der Waals surface area contributed by atoms with Gasteiger partial charge in [-0.2, -0.15) is 0 Å². The van der Waals surface area contributed by atoms with Crippen LogP contribution in [0.25, 0.3) is 0 Å². The molecule has 5 heteroatoms. The average Bonchev–Trinajstić information content (AvgIpc) is 2.74. The molecule has 0 saturated heterocycles. The van der Waals surface area contributed by atoms with Gasteiger partial charge in [0, 0.05) is 5.41 Å².